The highest BCUT2D eigenvalue weighted by Crippen LogP contribution is 2.53. The lowest BCUT2D eigenvalue weighted by Gasteiger charge is -2.29. The summed E-state index contributed by atoms with van der Waals surface area (Å²) in [7, 11) is 0. The fourth-order valence-corrected chi connectivity index (χ4v) is 6.52. The highest BCUT2D eigenvalue weighted by molar-refractivity contribution is 8.00. The van der Waals surface area contributed by atoms with Gasteiger partial charge in [-0.05, 0) is 29.8 Å². The molecule has 3 heterocycles. The smallest absolute Gasteiger partial charge is 0.305 e. The molecule has 0 saturated carbocycles. The molecule has 0 spiro atoms. The lowest BCUT2D eigenvalue weighted by molar-refractivity contribution is -0.122. The molecular weight excluding hydrogens is 416 g/mol. The second kappa shape index (κ2) is 6.62. The number of hydrogen-bond donors (Lipinski definition) is 1. The van der Waals surface area contributed by atoms with Gasteiger partial charge in [-0.15, -0.1) is 0 Å². The van der Waals surface area contributed by atoms with E-state index < -0.39 is 11.2 Å². The standard InChI is InChI=1S/C20H13ClN2O3S2/c21-11-8-6-10(7-9-11)13-14-16(27-17-15(13)28-20(26)22-17)19(25)23(18(14)24)12-4-2-1-3-5-12/h1-9,13-14,16H,(H,22,26). The Bertz CT molecular complexity index is 1140. The van der Waals surface area contributed by atoms with Gasteiger partial charge < -0.3 is 4.98 Å². The molecule has 3 aromatic rings. The number of rotatable bonds is 2. The summed E-state index contributed by atoms with van der Waals surface area (Å²) in [4.78, 5) is 43.3. The van der Waals surface area contributed by atoms with Crippen LogP contribution in [0.5, 0.6) is 0 Å². The number of imide groups is 1. The minimum Gasteiger partial charge on any atom is -0.307 e. The number of halogens is 1. The van der Waals surface area contributed by atoms with Crippen LogP contribution in [0.3, 0.4) is 0 Å². The van der Waals surface area contributed by atoms with Crippen molar-refractivity contribution in [1.29, 1.82) is 0 Å². The molecule has 2 aliphatic heterocycles. The van der Waals surface area contributed by atoms with Gasteiger partial charge in [0.05, 0.1) is 16.6 Å². The number of carbonyl (C=O) groups is 2. The van der Waals surface area contributed by atoms with E-state index in [0.717, 1.165) is 21.8 Å². The second-order valence-electron chi connectivity index (χ2n) is 6.65. The van der Waals surface area contributed by atoms with E-state index in [1.807, 2.05) is 18.2 Å². The Morgan fingerprint density at radius 1 is 0.929 bits per heavy atom. The van der Waals surface area contributed by atoms with Gasteiger partial charge in [0, 0.05) is 15.8 Å². The Morgan fingerprint density at radius 2 is 1.64 bits per heavy atom. The van der Waals surface area contributed by atoms with Gasteiger partial charge in [0.1, 0.15) is 5.25 Å². The van der Waals surface area contributed by atoms with Gasteiger partial charge in [-0.1, -0.05) is 65.0 Å². The van der Waals surface area contributed by atoms with Crippen LogP contribution in [-0.2, 0) is 9.59 Å². The van der Waals surface area contributed by atoms with Crippen molar-refractivity contribution in [3.63, 3.8) is 0 Å². The molecule has 140 valence electrons. The maximum atomic E-state index is 13.4. The van der Waals surface area contributed by atoms with Crippen LogP contribution in [-0.4, -0.2) is 22.0 Å². The Labute approximate surface area is 173 Å². The molecule has 5 rings (SSSR count). The summed E-state index contributed by atoms with van der Waals surface area (Å²) in [5, 5.41) is 0.686. The third-order valence-corrected chi connectivity index (χ3v) is 7.72. The van der Waals surface area contributed by atoms with E-state index >= 15 is 0 Å². The number of carbonyl (C=O) groups excluding carboxylic acids is 2. The Morgan fingerprint density at radius 3 is 2.36 bits per heavy atom. The maximum Gasteiger partial charge on any atom is 0.305 e. The van der Waals surface area contributed by atoms with Gasteiger partial charge in [0.2, 0.25) is 11.8 Å². The first-order chi connectivity index (χ1) is 13.5. The molecular formula is C20H13ClN2O3S2. The van der Waals surface area contributed by atoms with Crippen LogP contribution in [0.25, 0.3) is 0 Å². The van der Waals surface area contributed by atoms with Crippen molar-refractivity contribution in [2.45, 2.75) is 16.2 Å². The van der Waals surface area contributed by atoms with Crippen LogP contribution in [0.4, 0.5) is 5.69 Å². The fourth-order valence-electron chi connectivity index (χ4n) is 3.88. The molecule has 1 saturated heterocycles. The molecule has 2 aromatic carbocycles. The van der Waals surface area contributed by atoms with Crippen LogP contribution >= 0.6 is 34.7 Å². The number of anilines is 1. The van der Waals surface area contributed by atoms with Gasteiger partial charge >= 0.3 is 4.87 Å². The summed E-state index contributed by atoms with van der Waals surface area (Å²) in [5.74, 6) is -1.42. The summed E-state index contributed by atoms with van der Waals surface area (Å²) in [6.07, 6.45) is 0. The average Bonchev–Trinajstić information content (AvgIpc) is 3.18. The molecule has 0 aliphatic carbocycles. The van der Waals surface area contributed by atoms with Crippen LogP contribution < -0.4 is 9.77 Å². The Kier molecular flexibility index (Phi) is 4.19. The van der Waals surface area contributed by atoms with Gasteiger partial charge in [-0.25, -0.2) is 4.90 Å². The third kappa shape index (κ3) is 2.65. The molecule has 3 unspecified atom stereocenters. The van der Waals surface area contributed by atoms with Crippen molar-refractivity contribution >= 4 is 52.2 Å². The molecule has 0 radical (unpaired) electrons. The number of aromatic nitrogens is 1. The average molecular weight is 429 g/mol. The summed E-state index contributed by atoms with van der Waals surface area (Å²) in [6.45, 7) is 0. The van der Waals surface area contributed by atoms with Crippen LogP contribution in [0.1, 0.15) is 16.4 Å². The van der Waals surface area contributed by atoms with Gasteiger partial charge in [0.25, 0.3) is 0 Å². The first kappa shape index (κ1) is 17.7. The second-order valence-corrected chi connectivity index (χ2v) is 9.25. The van der Waals surface area contributed by atoms with Crippen molar-refractivity contribution in [3.8, 4) is 0 Å². The van der Waals surface area contributed by atoms with Crippen LogP contribution in [0, 0.1) is 5.92 Å². The number of nitrogens with zero attached hydrogens (tertiary/aromatic N) is 1. The van der Waals surface area contributed by atoms with Gasteiger partial charge in [0.15, 0.2) is 0 Å². The van der Waals surface area contributed by atoms with Crippen LogP contribution in [0.2, 0.25) is 5.02 Å². The number of thiazole rings is 1. The molecule has 28 heavy (non-hydrogen) atoms. The van der Waals surface area contributed by atoms with E-state index in [4.69, 9.17) is 11.6 Å². The predicted octanol–water partition coefficient (Wildman–Crippen LogP) is 3.89. The maximum absolute atomic E-state index is 13.4. The first-order valence-corrected chi connectivity index (χ1v) is 10.7. The Hall–Kier alpha value is -2.35. The number of H-pyrrole nitrogens is 1. The lowest BCUT2D eigenvalue weighted by Crippen LogP contribution is -2.32. The Balaban J connectivity index is 1.66. The SMILES string of the molecule is O=C1C2Sc3[nH]c(=O)sc3C(c3ccc(Cl)cc3)C2C(=O)N1c1ccccc1. The van der Waals surface area contributed by atoms with E-state index in [-0.39, 0.29) is 22.6 Å². The van der Waals surface area contributed by atoms with Crippen molar-refractivity contribution in [3.05, 3.63) is 79.7 Å². The normalized spacial score (nSPS) is 23.6. The van der Waals surface area contributed by atoms with Crippen molar-refractivity contribution in [1.82, 2.24) is 4.98 Å². The van der Waals surface area contributed by atoms with Crippen molar-refractivity contribution in [2.24, 2.45) is 5.92 Å². The third-order valence-electron chi connectivity index (χ3n) is 5.07. The molecule has 3 atom stereocenters. The van der Waals surface area contributed by atoms with E-state index in [2.05, 4.69) is 4.98 Å². The molecule has 5 nitrogen and oxygen atoms in total. The number of benzene rings is 2. The minimum absolute atomic E-state index is 0.184. The van der Waals surface area contributed by atoms with E-state index in [0.29, 0.717) is 15.7 Å². The highest BCUT2D eigenvalue weighted by Gasteiger charge is 2.56. The number of hydrogen-bond acceptors (Lipinski definition) is 5. The predicted molar refractivity (Wildman–Crippen MR) is 110 cm³/mol. The van der Waals surface area contributed by atoms with Crippen LogP contribution in [0.15, 0.2) is 64.4 Å². The molecule has 1 fully saturated rings. The van der Waals surface area contributed by atoms with E-state index in [9.17, 15) is 14.4 Å². The van der Waals surface area contributed by atoms with Gasteiger partial charge in [-0.3, -0.25) is 14.4 Å². The summed E-state index contributed by atoms with van der Waals surface area (Å²) in [5.41, 5.74) is 1.44. The number of para-hydroxylation sites is 1. The summed E-state index contributed by atoms with van der Waals surface area (Å²) < 4.78 is 0. The largest absolute Gasteiger partial charge is 0.307 e. The highest BCUT2D eigenvalue weighted by atomic mass is 35.5. The zero-order valence-corrected chi connectivity index (χ0v) is 16.7. The lowest BCUT2D eigenvalue weighted by atomic mass is 9.83. The van der Waals surface area contributed by atoms with Crippen molar-refractivity contribution in [2.75, 3.05) is 4.90 Å². The number of thioether (sulfide) groups is 1. The molecule has 0 bridgehead atoms. The fraction of sp³-hybridized carbons (Fsp3) is 0.150. The minimum atomic E-state index is -0.578. The summed E-state index contributed by atoms with van der Waals surface area (Å²) in [6, 6.07) is 16.2. The van der Waals surface area contributed by atoms with E-state index in [1.54, 1.807) is 36.4 Å². The molecule has 1 aromatic heterocycles. The number of amides is 2. The molecule has 8 heteroatoms. The quantitative estimate of drug-likeness (QED) is 0.629. The monoisotopic (exact) mass is 428 g/mol. The zero-order chi connectivity index (χ0) is 19.4. The zero-order valence-electron chi connectivity index (χ0n) is 14.3. The topological polar surface area (TPSA) is 70.2 Å². The number of aromatic amines is 1. The molecule has 1 N–H and O–H groups in total. The first-order valence-electron chi connectivity index (χ1n) is 8.62. The number of fused-ring (bicyclic) bond motifs is 2. The number of nitrogens with one attached hydrogen (secondary N) is 1. The van der Waals surface area contributed by atoms with Gasteiger partial charge in [-0.2, -0.15) is 0 Å². The van der Waals surface area contributed by atoms with E-state index in [1.165, 1.54) is 16.7 Å². The van der Waals surface area contributed by atoms with Crippen molar-refractivity contribution < 1.29 is 9.59 Å². The summed E-state index contributed by atoms with van der Waals surface area (Å²) >= 11 is 8.41. The molecule has 2 amide bonds. The molecule has 2 aliphatic rings.